The Balaban J connectivity index is 1.33. The molecule has 30 heavy (non-hydrogen) atoms. The first-order valence-electron chi connectivity index (χ1n) is 11.6. The summed E-state index contributed by atoms with van der Waals surface area (Å²) in [6.07, 6.45) is 4.97. The van der Waals surface area contributed by atoms with E-state index in [2.05, 4.69) is 19.2 Å². The third-order valence-electron chi connectivity index (χ3n) is 7.33. The van der Waals surface area contributed by atoms with Gasteiger partial charge in [0.2, 0.25) is 5.91 Å². The Bertz CT molecular complexity index is 775. The van der Waals surface area contributed by atoms with Gasteiger partial charge in [-0.2, -0.15) is 0 Å². The van der Waals surface area contributed by atoms with Gasteiger partial charge in [0, 0.05) is 25.0 Å². The molecule has 164 valence electrons. The Labute approximate surface area is 179 Å². The maximum absolute atomic E-state index is 13.2. The van der Waals surface area contributed by atoms with Crippen molar-refractivity contribution in [3.05, 3.63) is 24.3 Å². The van der Waals surface area contributed by atoms with Gasteiger partial charge in [0.15, 0.2) is 0 Å². The van der Waals surface area contributed by atoms with Crippen LogP contribution in [-0.4, -0.2) is 48.6 Å². The summed E-state index contributed by atoms with van der Waals surface area (Å²) in [6.45, 7) is 8.34. The number of piperidine rings is 1. The first-order chi connectivity index (χ1) is 14.4. The number of rotatable bonds is 2. The molecule has 1 aromatic rings. The number of likely N-dealkylation sites (tertiary alicyclic amines) is 1. The molecule has 0 unspecified atom stereocenters. The second kappa shape index (κ2) is 8.86. The Kier molecular flexibility index (Phi) is 6.21. The smallest absolute Gasteiger partial charge is 0.324 e. The number of hydrogen-bond donors (Lipinski definition) is 1. The SMILES string of the molecule is C[C@H]1[C@@H](C)CCC[C@H]1NC(=O)C1CCN(C(=O)N2C[C@@H](C)Oc3ccccc32)CC1. The molecule has 0 aromatic heterocycles. The van der Waals surface area contributed by atoms with Crippen LogP contribution in [0.25, 0.3) is 0 Å². The molecule has 1 saturated heterocycles. The Morgan fingerprint density at radius 3 is 2.53 bits per heavy atom. The molecule has 4 rings (SSSR count). The minimum atomic E-state index is -0.0351. The summed E-state index contributed by atoms with van der Waals surface area (Å²) in [4.78, 5) is 29.8. The molecule has 1 aromatic carbocycles. The summed E-state index contributed by atoms with van der Waals surface area (Å²) < 4.78 is 5.87. The third-order valence-corrected chi connectivity index (χ3v) is 7.33. The van der Waals surface area contributed by atoms with Crippen LogP contribution in [0.3, 0.4) is 0 Å². The van der Waals surface area contributed by atoms with Crippen LogP contribution in [0.1, 0.15) is 52.9 Å². The summed E-state index contributed by atoms with van der Waals surface area (Å²) in [5.41, 5.74) is 0.834. The highest BCUT2D eigenvalue weighted by Crippen LogP contribution is 2.34. The van der Waals surface area contributed by atoms with Crippen molar-refractivity contribution in [1.82, 2.24) is 10.2 Å². The lowest BCUT2D eigenvalue weighted by molar-refractivity contribution is -0.127. The number of hydrogen-bond acceptors (Lipinski definition) is 3. The van der Waals surface area contributed by atoms with Crippen molar-refractivity contribution in [3.8, 4) is 5.75 Å². The molecule has 0 radical (unpaired) electrons. The molecule has 2 heterocycles. The van der Waals surface area contributed by atoms with E-state index < -0.39 is 0 Å². The molecule has 6 nitrogen and oxygen atoms in total. The highest BCUT2D eigenvalue weighted by atomic mass is 16.5. The van der Waals surface area contributed by atoms with Crippen molar-refractivity contribution in [2.45, 2.75) is 65.0 Å². The van der Waals surface area contributed by atoms with Crippen LogP contribution in [0, 0.1) is 17.8 Å². The fourth-order valence-corrected chi connectivity index (χ4v) is 5.16. The molecule has 2 fully saturated rings. The van der Waals surface area contributed by atoms with E-state index in [1.807, 2.05) is 41.0 Å². The zero-order valence-electron chi connectivity index (χ0n) is 18.5. The summed E-state index contributed by atoms with van der Waals surface area (Å²) >= 11 is 0. The number of benzene rings is 1. The van der Waals surface area contributed by atoms with E-state index in [1.54, 1.807) is 0 Å². The van der Waals surface area contributed by atoms with Crippen LogP contribution < -0.4 is 15.0 Å². The van der Waals surface area contributed by atoms with Crippen molar-refractivity contribution >= 4 is 17.6 Å². The summed E-state index contributed by atoms with van der Waals surface area (Å²) in [5.74, 6) is 2.15. The number of nitrogens with one attached hydrogen (secondary N) is 1. The number of anilines is 1. The topological polar surface area (TPSA) is 61.9 Å². The molecule has 4 atom stereocenters. The van der Waals surface area contributed by atoms with Crippen LogP contribution in [0.5, 0.6) is 5.75 Å². The lowest BCUT2D eigenvalue weighted by Crippen LogP contribution is -2.53. The maximum atomic E-state index is 13.2. The van der Waals surface area contributed by atoms with E-state index in [1.165, 1.54) is 12.8 Å². The lowest BCUT2D eigenvalue weighted by Gasteiger charge is -2.39. The molecule has 3 amide bonds. The predicted molar refractivity (Wildman–Crippen MR) is 118 cm³/mol. The van der Waals surface area contributed by atoms with Crippen LogP contribution in [-0.2, 0) is 4.79 Å². The molecule has 1 aliphatic carbocycles. The number of carbonyl (C=O) groups excluding carboxylic acids is 2. The number of para-hydroxylation sites is 2. The molecule has 1 saturated carbocycles. The van der Waals surface area contributed by atoms with E-state index in [4.69, 9.17) is 4.74 Å². The molecular weight excluding hydrogens is 378 g/mol. The minimum absolute atomic E-state index is 0.00869. The van der Waals surface area contributed by atoms with E-state index in [-0.39, 0.29) is 24.0 Å². The van der Waals surface area contributed by atoms with Crippen LogP contribution in [0.4, 0.5) is 10.5 Å². The average Bonchev–Trinajstić information content (AvgIpc) is 2.76. The van der Waals surface area contributed by atoms with E-state index in [9.17, 15) is 9.59 Å². The number of ether oxygens (including phenoxy) is 1. The number of nitrogens with zero attached hydrogens (tertiary/aromatic N) is 2. The lowest BCUT2D eigenvalue weighted by atomic mass is 9.78. The van der Waals surface area contributed by atoms with Gasteiger partial charge in [0.25, 0.3) is 0 Å². The van der Waals surface area contributed by atoms with Crippen molar-refractivity contribution in [3.63, 3.8) is 0 Å². The van der Waals surface area contributed by atoms with Crippen molar-refractivity contribution in [2.75, 3.05) is 24.5 Å². The Morgan fingerprint density at radius 1 is 1.03 bits per heavy atom. The number of fused-ring (bicyclic) bond motifs is 1. The summed E-state index contributed by atoms with van der Waals surface area (Å²) in [6, 6.07) is 8.03. The van der Waals surface area contributed by atoms with E-state index >= 15 is 0 Å². The molecule has 6 heteroatoms. The zero-order valence-corrected chi connectivity index (χ0v) is 18.5. The number of amides is 3. The second-order valence-corrected chi connectivity index (χ2v) is 9.43. The molecule has 1 N–H and O–H groups in total. The predicted octanol–water partition coefficient (Wildman–Crippen LogP) is 4.05. The van der Waals surface area contributed by atoms with Gasteiger partial charge in [0.1, 0.15) is 11.9 Å². The van der Waals surface area contributed by atoms with Gasteiger partial charge in [-0.05, 0) is 50.2 Å². The standard InChI is InChI=1S/C24H35N3O3/c1-16-7-6-8-20(18(16)3)25-23(28)19-11-13-26(14-12-19)24(29)27-15-17(2)30-22-10-5-4-9-21(22)27/h4-5,9-10,16-20H,6-8,11-15H2,1-3H3,(H,25,28)/t16-,17+,18-,20+/m0/s1. The molecular formula is C24H35N3O3. The van der Waals surface area contributed by atoms with Crippen LogP contribution >= 0.6 is 0 Å². The first kappa shape index (κ1) is 21.0. The summed E-state index contributed by atoms with van der Waals surface area (Å²) in [5, 5.41) is 3.33. The van der Waals surface area contributed by atoms with Crippen LogP contribution in [0.2, 0.25) is 0 Å². The molecule has 2 aliphatic heterocycles. The third kappa shape index (κ3) is 4.28. The second-order valence-electron chi connectivity index (χ2n) is 9.43. The van der Waals surface area contributed by atoms with Gasteiger partial charge in [-0.1, -0.05) is 38.8 Å². The molecule has 3 aliphatic rings. The van der Waals surface area contributed by atoms with Crippen LogP contribution in [0.15, 0.2) is 24.3 Å². The van der Waals surface area contributed by atoms with Gasteiger partial charge in [-0.3, -0.25) is 9.69 Å². The largest absolute Gasteiger partial charge is 0.487 e. The normalized spacial score (nSPS) is 29.7. The van der Waals surface area contributed by atoms with Gasteiger partial charge < -0.3 is 15.0 Å². The fourth-order valence-electron chi connectivity index (χ4n) is 5.16. The number of carbonyl (C=O) groups is 2. The van der Waals surface area contributed by atoms with Crippen molar-refractivity contribution in [1.29, 1.82) is 0 Å². The van der Waals surface area contributed by atoms with Gasteiger partial charge in [-0.25, -0.2) is 4.79 Å². The van der Waals surface area contributed by atoms with Gasteiger partial charge in [0.05, 0.1) is 12.2 Å². The minimum Gasteiger partial charge on any atom is -0.487 e. The van der Waals surface area contributed by atoms with Crippen molar-refractivity contribution < 1.29 is 14.3 Å². The van der Waals surface area contributed by atoms with E-state index in [0.717, 1.165) is 30.7 Å². The number of urea groups is 1. The highest BCUT2D eigenvalue weighted by molar-refractivity contribution is 5.94. The average molecular weight is 414 g/mol. The quantitative estimate of drug-likeness (QED) is 0.796. The fraction of sp³-hybridized carbons (Fsp3) is 0.667. The van der Waals surface area contributed by atoms with Gasteiger partial charge >= 0.3 is 6.03 Å². The zero-order chi connectivity index (χ0) is 21.3. The Morgan fingerprint density at radius 2 is 1.77 bits per heavy atom. The summed E-state index contributed by atoms with van der Waals surface area (Å²) in [7, 11) is 0. The maximum Gasteiger partial charge on any atom is 0.324 e. The monoisotopic (exact) mass is 413 g/mol. The molecule has 0 spiro atoms. The molecule has 0 bridgehead atoms. The van der Waals surface area contributed by atoms with E-state index in [0.29, 0.717) is 37.5 Å². The first-order valence-corrected chi connectivity index (χ1v) is 11.6. The highest BCUT2D eigenvalue weighted by Gasteiger charge is 2.35. The van der Waals surface area contributed by atoms with Crippen molar-refractivity contribution in [2.24, 2.45) is 17.8 Å². The Hall–Kier alpha value is -2.24. The van der Waals surface area contributed by atoms with Gasteiger partial charge in [-0.15, -0.1) is 0 Å².